The van der Waals surface area contributed by atoms with E-state index in [1.807, 2.05) is 0 Å². The van der Waals surface area contributed by atoms with Crippen molar-refractivity contribution in [3.63, 3.8) is 0 Å². The summed E-state index contributed by atoms with van der Waals surface area (Å²) in [4.78, 5) is 23.9. The molecule has 1 aliphatic rings. The Balaban J connectivity index is 1.76. The number of aliphatic carboxylic acids is 1. The predicted octanol–water partition coefficient (Wildman–Crippen LogP) is 3.45. The number of hydrogen-bond acceptors (Lipinski definition) is 3. The first-order chi connectivity index (χ1) is 12.9. The molecule has 1 saturated carbocycles. The topological polar surface area (TPSA) is 75.6 Å². The number of carboxylic acid groups (broad SMARTS) is 1. The van der Waals surface area contributed by atoms with Crippen molar-refractivity contribution in [2.45, 2.75) is 31.4 Å². The van der Waals surface area contributed by atoms with Gasteiger partial charge in [-0.25, -0.2) is 8.78 Å². The van der Waals surface area contributed by atoms with E-state index in [-0.39, 0.29) is 11.8 Å². The van der Waals surface area contributed by atoms with Crippen LogP contribution in [-0.4, -0.2) is 23.0 Å². The minimum Gasteiger partial charge on any atom is -0.481 e. The summed E-state index contributed by atoms with van der Waals surface area (Å²) in [5.41, 5.74) is 0.549. The number of carboxylic acids is 1. The van der Waals surface area contributed by atoms with Crippen LogP contribution < -0.4 is 10.1 Å². The molecule has 2 aromatic carbocycles. The van der Waals surface area contributed by atoms with E-state index in [0.29, 0.717) is 24.8 Å². The second-order valence-electron chi connectivity index (χ2n) is 6.54. The summed E-state index contributed by atoms with van der Waals surface area (Å²) >= 11 is 0. The molecule has 0 saturated heterocycles. The van der Waals surface area contributed by atoms with Crippen LogP contribution in [0.15, 0.2) is 48.5 Å². The van der Waals surface area contributed by atoms with E-state index < -0.39 is 35.5 Å². The SMILES string of the molecule is O=C(N[C@H]1CC[C@@H](C(=O)O)C1)C(Oc1ccc(F)c(F)c1)c1ccccc1. The number of nitrogens with one attached hydrogen (secondary N) is 1. The van der Waals surface area contributed by atoms with E-state index >= 15 is 0 Å². The van der Waals surface area contributed by atoms with Crippen molar-refractivity contribution in [2.24, 2.45) is 5.92 Å². The van der Waals surface area contributed by atoms with Crippen LogP contribution >= 0.6 is 0 Å². The van der Waals surface area contributed by atoms with Crippen LogP contribution in [0.1, 0.15) is 30.9 Å². The molecule has 0 aromatic heterocycles. The van der Waals surface area contributed by atoms with Gasteiger partial charge in [-0.3, -0.25) is 9.59 Å². The molecule has 2 N–H and O–H groups in total. The van der Waals surface area contributed by atoms with E-state index in [1.165, 1.54) is 6.07 Å². The van der Waals surface area contributed by atoms with Gasteiger partial charge in [0.25, 0.3) is 5.91 Å². The highest BCUT2D eigenvalue weighted by atomic mass is 19.2. The van der Waals surface area contributed by atoms with Crippen LogP contribution in [0.2, 0.25) is 0 Å². The molecule has 27 heavy (non-hydrogen) atoms. The Morgan fingerprint density at radius 1 is 1.07 bits per heavy atom. The van der Waals surface area contributed by atoms with Gasteiger partial charge < -0.3 is 15.2 Å². The summed E-state index contributed by atoms with van der Waals surface area (Å²) in [5.74, 6) is -3.86. The smallest absolute Gasteiger partial charge is 0.306 e. The quantitative estimate of drug-likeness (QED) is 0.811. The normalized spacial score (nSPS) is 20.1. The number of carbonyl (C=O) groups is 2. The molecule has 2 aromatic rings. The monoisotopic (exact) mass is 375 g/mol. The molecule has 3 atom stereocenters. The summed E-state index contributed by atoms with van der Waals surface area (Å²) in [6, 6.07) is 11.4. The Morgan fingerprint density at radius 2 is 1.81 bits per heavy atom. The molecule has 0 bridgehead atoms. The number of benzene rings is 2. The molecule has 7 heteroatoms. The Kier molecular flexibility index (Phi) is 5.69. The van der Waals surface area contributed by atoms with Gasteiger partial charge in [-0.05, 0) is 31.4 Å². The maximum absolute atomic E-state index is 13.5. The minimum atomic E-state index is -1.07. The van der Waals surface area contributed by atoms with Gasteiger partial charge in [0, 0.05) is 17.7 Å². The van der Waals surface area contributed by atoms with Crippen molar-refractivity contribution in [3.05, 3.63) is 65.7 Å². The lowest BCUT2D eigenvalue weighted by atomic mass is 10.1. The molecular weight excluding hydrogens is 356 g/mol. The van der Waals surface area contributed by atoms with Gasteiger partial charge in [-0.1, -0.05) is 30.3 Å². The highest BCUT2D eigenvalue weighted by Crippen LogP contribution is 2.28. The summed E-state index contributed by atoms with van der Waals surface area (Å²) in [6.07, 6.45) is 0.351. The maximum Gasteiger partial charge on any atom is 0.306 e. The summed E-state index contributed by atoms with van der Waals surface area (Å²) in [6.45, 7) is 0. The van der Waals surface area contributed by atoms with Crippen LogP contribution in [-0.2, 0) is 9.59 Å². The maximum atomic E-state index is 13.5. The largest absolute Gasteiger partial charge is 0.481 e. The first kappa shape index (κ1) is 18.8. The zero-order chi connectivity index (χ0) is 19.4. The Bertz CT molecular complexity index is 828. The Morgan fingerprint density at radius 3 is 2.44 bits per heavy atom. The predicted molar refractivity (Wildman–Crippen MR) is 93.1 cm³/mol. The lowest BCUT2D eigenvalue weighted by molar-refractivity contribution is -0.141. The number of carbonyl (C=O) groups excluding carboxylic acids is 1. The highest BCUT2D eigenvalue weighted by Gasteiger charge is 2.33. The average Bonchev–Trinajstić information content (AvgIpc) is 3.12. The Labute approximate surface area is 155 Å². The lowest BCUT2D eigenvalue weighted by Gasteiger charge is -2.21. The van der Waals surface area contributed by atoms with E-state index in [0.717, 1.165) is 12.1 Å². The number of hydrogen-bond donors (Lipinski definition) is 2. The molecule has 1 fully saturated rings. The van der Waals surface area contributed by atoms with Gasteiger partial charge >= 0.3 is 5.97 Å². The molecular formula is C20H19F2NO4. The van der Waals surface area contributed by atoms with Crippen LogP contribution in [0, 0.1) is 17.6 Å². The number of amides is 1. The third-order valence-electron chi connectivity index (χ3n) is 4.61. The third-order valence-corrected chi connectivity index (χ3v) is 4.61. The summed E-state index contributed by atoms with van der Waals surface area (Å²) in [5, 5.41) is 11.9. The van der Waals surface area contributed by atoms with Crippen molar-refractivity contribution in [1.82, 2.24) is 5.32 Å². The van der Waals surface area contributed by atoms with E-state index in [1.54, 1.807) is 30.3 Å². The fourth-order valence-corrected chi connectivity index (χ4v) is 3.20. The molecule has 3 rings (SSSR count). The molecule has 1 amide bonds. The molecule has 0 heterocycles. The molecule has 1 unspecified atom stereocenters. The highest BCUT2D eigenvalue weighted by molar-refractivity contribution is 5.83. The number of rotatable bonds is 6. The first-order valence-electron chi connectivity index (χ1n) is 8.64. The molecule has 0 radical (unpaired) electrons. The van der Waals surface area contributed by atoms with Crippen molar-refractivity contribution in [3.8, 4) is 5.75 Å². The zero-order valence-electron chi connectivity index (χ0n) is 14.4. The van der Waals surface area contributed by atoms with Crippen LogP contribution in [0.3, 0.4) is 0 Å². The van der Waals surface area contributed by atoms with Crippen LogP contribution in [0.4, 0.5) is 8.78 Å². The molecule has 142 valence electrons. The lowest BCUT2D eigenvalue weighted by Crippen LogP contribution is -2.38. The van der Waals surface area contributed by atoms with Gasteiger partial charge in [0.05, 0.1) is 5.92 Å². The van der Waals surface area contributed by atoms with Gasteiger partial charge in [0.2, 0.25) is 6.10 Å². The average molecular weight is 375 g/mol. The van der Waals surface area contributed by atoms with Gasteiger partial charge in [0.1, 0.15) is 5.75 Å². The van der Waals surface area contributed by atoms with Gasteiger partial charge in [-0.15, -0.1) is 0 Å². The van der Waals surface area contributed by atoms with E-state index in [9.17, 15) is 18.4 Å². The first-order valence-corrected chi connectivity index (χ1v) is 8.64. The van der Waals surface area contributed by atoms with Crippen molar-refractivity contribution in [2.75, 3.05) is 0 Å². The molecule has 5 nitrogen and oxygen atoms in total. The summed E-state index contributed by atoms with van der Waals surface area (Å²) < 4.78 is 32.2. The second-order valence-corrected chi connectivity index (χ2v) is 6.54. The van der Waals surface area contributed by atoms with Crippen molar-refractivity contribution >= 4 is 11.9 Å². The zero-order valence-corrected chi connectivity index (χ0v) is 14.4. The molecule has 1 aliphatic carbocycles. The molecule has 0 aliphatic heterocycles. The van der Waals surface area contributed by atoms with Crippen molar-refractivity contribution < 1.29 is 28.2 Å². The van der Waals surface area contributed by atoms with E-state index in [2.05, 4.69) is 5.32 Å². The van der Waals surface area contributed by atoms with Crippen molar-refractivity contribution in [1.29, 1.82) is 0 Å². The molecule has 0 spiro atoms. The summed E-state index contributed by atoms with van der Waals surface area (Å²) in [7, 11) is 0. The minimum absolute atomic E-state index is 0.0211. The second kappa shape index (κ2) is 8.16. The fourth-order valence-electron chi connectivity index (χ4n) is 3.20. The van der Waals surface area contributed by atoms with Crippen LogP contribution in [0.25, 0.3) is 0 Å². The van der Waals surface area contributed by atoms with Gasteiger partial charge in [-0.2, -0.15) is 0 Å². The Hall–Kier alpha value is -2.96. The van der Waals surface area contributed by atoms with Crippen LogP contribution in [0.5, 0.6) is 5.75 Å². The third kappa shape index (κ3) is 4.61. The standard InChI is InChI=1S/C20H19F2NO4/c21-16-9-8-15(11-17(16)22)27-18(12-4-2-1-3-5-12)19(24)23-14-7-6-13(10-14)20(25)26/h1-5,8-9,11,13-14,18H,6-7,10H2,(H,23,24)(H,25,26)/t13-,14+,18?/m1/s1. The fraction of sp³-hybridized carbons (Fsp3) is 0.300. The van der Waals surface area contributed by atoms with Gasteiger partial charge in [0.15, 0.2) is 11.6 Å². The number of halogens is 2. The van der Waals surface area contributed by atoms with E-state index in [4.69, 9.17) is 9.84 Å². The number of ether oxygens (including phenoxy) is 1.